The lowest BCUT2D eigenvalue weighted by Crippen LogP contribution is -2.33. The van der Waals surface area contributed by atoms with Gasteiger partial charge >= 0.3 is 0 Å². The highest BCUT2D eigenvalue weighted by molar-refractivity contribution is 7.17. The van der Waals surface area contributed by atoms with Crippen LogP contribution in [0.2, 0.25) is 0 Å². The van der Waals surface area contributed by atoms with Gasteiger partial charge in [-0.25, -0.2) is 4.98 Å². The number of carbonyl (C=O) groups is 1. The number of aromatic nitrogens is 2. The summed E-state index contributed by atoms with van der Waals surface area (Å²) in [6, 6.07) is 13.0. The topological polar surface area (TPSA) is 77.1 Å². The van der Waals surface area contributed by atoms with E-state index in [9.17, 15) is 9.59 Å². The Morgan fingerprint density at radius 3 is 2.81 bits per heavy atom. The largest absolute Gasteiger partial charge is 0.467 e. The molecule has 0 saturated carbocycles. The van der Waals surface area contributed by atoms with Crippen molar-refractivity contribution in [2.45, 2.75) is 19.5 Å². The van der Waals surface area contributed by atoms with Crippen molar-refractivity contribution in [1.29, 1.82) is 0 Å². The Morgan fingerprint density at radius 2 is 2.07 bits per heavy atom. The Bertz CT molecular complexity index is 1130. The molecule has 3 heterocycles. The molecule has 7 heteroatoms. The molecule has 0 aliphatic carbocycles. The van der Waals surface area contributed by atoms with Crippen LogP contribution in [0.3, 0.4) is 0 Å². The first-order chi connectivity index (χ1) is 13.1. The maximum Gasteiger partial charge on any atom is 0.263 e. The molecule has 4 aromatic rings. The van der Waals surface area contributed by atoms with Gasteiger partial charge in [0.15, 0.2) is 0 Å². The van der Waals surface area contributed by atoms with Crippen molar-refractivity contribution < 1.29 is 9.21 Å². The van der Waals surface area contributed by atoms with Crippen molar-refractivity contribution >= 4 is 27.5 Å². The number of hydrogen-bond donors (Lipinski definition) is 1. The number of benzene rings is 1. The average Bonchev–Trinajstić information content (AvgIpc) is 3.35. The smallest absolute Gasteiger partial charge is 0.263 e. The van der Waals surface area contributed by atoms with Gasteiger partial charge in [0, 0.05) is 10.9 Å². The van der Waals surface area contributed by atoms with Crippen LogP contribution in [0.25, 0.3) is 21.3 Å². The van der Waals surface area contributed by atoms with Crippen LogP contribution in [0.1, 0.15) is 18.7 Å². The highest BCUT2D eigenvalue weighted by atomic mass is 32.1. The maximum atomic E-state index is 13.0. The second kappa shape index (κ2) is 7.20. The number of hydrogen-bond acceptors (Lipinski definition) is 5. The minimum atomic E-state index is -0.279. The number of nitrogens with zero attached hydrogens (tertiary/aromatic N) is 2. The maximum absolute atomic E-state index is 13.0. The summed E-state index contributed by atoms with van der Waals surface area (Å²) in [5, 5.41) is 5.30. The second-order valence-electron chi connectivity index (χ2n) is 6.18. The van der Waals surface area contributed by atoms with E-state index in [1.165, 1.54) is 22.2 Å². The van der Waals surface area contributed by atoms with Crippen LogP contribution in [0.4, 0.5) is 0 Å². The molecule has 1 aromatic carbocycles. The molecule has 1 amide bonds. The molecule has 4 rings (SSSR count). The Labute approximate surface area is 159 Å². The van der Waals surface area contributed by atoms with Gasteiger partial charge in [-0.3, -0.25) is 14.2 Å². The fourth-order valence-electron chi connectivity index (χ4n) is 2.96. The number of amides is 1. The molecule has 1 N–H and O–H groups in total. The lowest BCUT2D eigenvalue weighted by Gasteiger charge is -2.12. The molecule has 3 aromatic heterocycles. The summed E-state index contributed by atoms with van der Waals surface area (Å²) in [7, 11) is 0. The third-order valence-electron chi connectivity index (χ3n) is 4.31. The van der Waals surface area contributed by atoms with Gasteiger partial charge in [-0.15, -0.1) is 11.3 Å². The van der Waals surface area contributed by atoms with Gasteiger partial charge in [0.05, 0.1) is 24.0 Å². The molecular formula is C20H17N3O3S. The van der Waals surface area contributed by atoms with E-state index in [0.717, 1.165) is 11.1 Å². The van der Waals surface area contributed by atoms with E-state index in [0.29, 0.717) is 16.0 Å². The Kier molecular flexibility index (Phi) is 4.60. The molecule has 0 bridgehead atoms. The van der Waals surface area contributed by atoms with E-state index in [1.807, 2.05) is 42.6 Å². The summed E-state index contributed by atoms with van der Waals surface area (Å²) in [6.07, 6.45) is 2.98. The first kappa shape index (κ1) is 17.2. The quantitative estimate of drug-likeness (QED) is 0.575. The summed E-state index contributed by atoms with van der Waals surface area (Å²) in [5.74, 6) is 0.382. The lowest BCUT2D eigenvalue weighted by molar-refractivity contribution is -0.122. The van der Waals surface area contributed by atoms with Crippen LogP contribution >= 0.6 is 11.3 Å². The van der Waals surface area contributed by atoms with E-state index in [2.05, 4.69) is 10.3 Å². The highest BCUT2D eigenvalue weighted by Gasteiger charge is 2.16. The number of fused-ring (bicyclic) bond motifs is 1. The minimum absolute atomic E-state index is 0.100. The summed E-state index contributed by atoms with van der Waals surface area (Å²) in [5.41, 5.74) is 1.57. The average molecular weight is 379 g/mol. The molecule has 6 nitrogen and oxygen atoms in total. The zero-order chi connectivity index (χ0) is 18.8. The zero-order valence-electron chi connectivity index (χ0n) is 14.6. The predicted molar refractivity (Wildman–Crippen MR) is 105 cm³/mol. The molecule has 1 atom stereocenters. The fourth-order valence-corrected chi connectivity index (χ4v) is 3.87. The molecule has 0 aliphatic rings. The molecule has 0 fully saturated rings. The van der Waals surface area contributed by atoms with E-state index in [1.54, 1.807) is 18.4 Å². The van der Waals surface area contributed by atoms with Crippen LogP contribution < -0.4 is 10.9 Å². The number of carbonyl (C=O) groups excluding carboxylic acids is 1. The Hall–Kier alpha value is -3.19. The first-order valence-corrected chi connectivity index (χ1v) is 9.36. The molecular weight excluding hydrogens is 362 g/mol. The van der Waals surface area contributed by atoms with Crippen LogP contribution in [-0.4, -0.2) is 15.5 Å². The van der Waals surface area contributed by atoms with Crippen LogP contribution in [0, 0.1) is 0 Å². The molecule has 27 heavy (non-hydrogen) atoms. The SMILES string of the molecule is C[C@@H](NC(=O)Cn1cnc2scc(-c3ccccc3)c2c1=O)c1ccco1. The van der Waals surface area contributed by atoms with Crippen molar-refractivity contribution in [1.82, 2.24) is 14.9 Å². The van der Waals surface area contributed by atoms with Crippen LogP contribution in [0.5, 0.6) is 0 Å². The molecule has 0 aliphatic heterocycles. The number of thiophene rings is 1. The van der Waals surface area contributed by atoms with Gasteiger partial charge < -0.3 is 9.73 Å². The van der Waals surface area contributed by atoms with Crippen LogP contribution in [-0.2, 0) is 11.3 Å². The van der Waals surface area contributed by atoms with Gasteiger partial charge in [0.1, 0.15) is 17.1 Å². The molecule has 0 radical (unpaired) electrons. The highest BCUT2D eigenvalue weighted by Crippen LogP contribution is 2.30. The lowest BCUT2D eigenvalue weighted by atomic mass is 10.1. The third kappa shape index (κ3) is 3.41. The number of nitrogens with one attached hydrogen (secondary N) is 1. The van der Waals surface area contributed by atoms with E-state index in [4.69, 9.17) is 4.42 Å². The summed E-state index contributed by atoms with van der Waals surface area (Å²) in [6.45, 7) is 1.73. The molecule has 136 valence electrons. The van der Waals surface area contributed by atoms with E-state index in [-0.39, 0.29) is 24.1 Å². The molecule has 0 unspecified atom stereocenters. The standard InChI is InChI=1S/C20H17N3O3S/c1-13(16-8-5-9-26-16)22-17(24)10-23-12-21-19-18(20(23)25)15(11-27-19)14-6-3-2-4-7-14/h2-9,11-13H,10H2,1H3,(H,22,24)/t13-/m1/s1. The molecule has 0 spiro atoms. The van der Waals surface area contributed by atoms with Crippen molar-refractivity contribution in [3.05, 3.63) is 76.5 Å². The number of rotatable bonds is 5. The van der Waals surface area contributed by atoms with E-state index < -0.39 is 0 Å². The normalized spacial score (nSPS) is 12.2. The van der Waals surface area contributed by atoms with Crippen LogP contribution in [0.15, 0.2) is 69.6 Å². The Balaban J connectivity index is 1.62. The Morgan fingerprint density at radius 1 is 1.26 bits per heavy atom. The summed E-state index contributed by atoms with van der Waals surface area (Å²) < 4.78 is 6.63. The zero-order valence-corrected chi connectivity index (χ0v) is 15.4. The second-order valence-corrected chi connectivity index (χ2v) is 7.04. The third-order valence-corrected chi connectivity index (χ3v) is 5.19. The van der Waals surface area contributed by atoms with E-state index >= 15 is 0 Å². The minimum Gasteiger partial charge on any atom is -0.467 e. The first-order valence-electron chi connectivity index (χ1n) is 8.48. The van der Waals surface area contributed by atoms with Gasteiger partial charge in [0.2, 0.25) is 5.91 Å². The monoisotopic (exact) mass is 379 g/mol. The molecule has 0 saturated heterocycles. The summed E-state index contributed by atoms with van der Waals surface area (Å²) >= 11 is 1.42. The van der Waals surface area contributed by atoms with Gasteiger partial charge in [0.25, 0.3) is 5.56 Å². The van der Waals surface area contributed by atoms with Crippen molar-refractivity contribution in [2.75, 3.05) is 0 Å². The predicted octanol–water partition coefficient (Wildman–Crippen LogP) is 3.60. The summed E-state index contributed by atoms with van der Waals surface area (Å²) in [4.78, 5) is 30.3. The van der Waals surface area contributed by atoms with Crippen molar-refractivity contribution in [3.8, 4) is 11.1 Å². The fraction of sp³-hybridized carbons (Fsp3) is 0.150. The van der Waals surface area contributed by atoms with Gasteiger partial charge in [-0.2, -0.15) is 0 Å². The number of furan rings is 1. The van der Waals surface area contributed by atoms with Gasteiger partial charge in [-0.1, -0.05) is 30.3 Å². The van der Waals surface area contributed by atoms with Gasteiger partial charge in [-0.05, 0) is 24.6 Å². The van der Waals surface area contributed by atoms with Crippen molar-refractivity contribution in [2.24, 2.45) is 0 Å². The van der Waals surface area contributed by atoms with Crippen molar-refractivity contribution in [3.63, 3.8) is 0 Å².